The number of hydrogen-bond donors (Lipinski definition) is 2. The van der Waals surface area contributed by atoms with Crippen LogP contribution >= 0.6 is 0 Å². The van der Waals surface area contributed by atoms with Crippen LogP contribution in [0.5, 0.6) is 5.88 Å². The first-order valence-electron chi connectivity index (χ1n) is 8.45. The van der Waals surface area contributed by atoms with Crippen molar-refractivity contribution in [1.29, 1.82) is 0 Å². The standard InChI is InChI=1S/C19H23N3O2/c23-19(21-14-15-6-2-1-3-7-15)22-16-9-11-17(12-10-16)24-18-8-4-5-13-20-18/h1-8,13,16-17H,9-12,14H2,(H2,21,22,23). The number of carbonyl (C=O) groups is 1. The number of ether oxygens (including phenoxy) is 1. The van der Waals surface area contributed by atoms with Crippen LogP contribution in [-0.2, 0) is 6.54 Å². The summed E-state index contributed by atoms with van der Waals surface area (Å²) in [4.78, 5) is 16.2. The van der Waals surface area contributed by atoms with E-state index in [9.17, 15) is 4.79 Å². The Morgan fingerprint density at radius 3 is 2.50 bits per heavy atom. The van der Waals surface area contributed by atoms with Crippen molar-refractivity contribution in [2.75, 3.05) is 0 Å². The molecule has 1 aliphatic carbocycles. The molecular weight excluding hydrogens is 302 g/mol. The summed E-state index contributed by atoms with van der Waals surface area (Å²) in [6.45, 7) is 0.546. The fraction of sp³-hybridized carbons (Fsp3) is 0.368. The summed E-state index contributed by atoms with van der Waals surface area (Å²) in [6.07, 6.45) is 5.64. The number of amides is 2. The molecule has 5 nitrogen and oxygen atoms in total. The van der Waals surface area contributed by atoms with Crippen molar-refractivity contribution in [3.8, 4) is 5.88 Å². The lowest BCUT2D eigenvalue weighted by atomic mass is 9.93. The highest BCUT2D eigenvalue weighted by atomic mass is 16.5. The molecule has 1 saturated carbocycles. The Labute approximate surface area is 142 Å². The summed E-state index contributed by atoms with van der Waals surface area (Å²) in [5, 5.41) is 5.96. The normalized spacial score (nSPS) is 20.2. The van der Waals surface area contributed by atoms with Gasteiger partial charge in [-0.2, -0.15) is 0 Å². The molecule has 0 radical (unpaired) electrons. The molecule has 0 aliphatic heterocycles. The predicted molar refractivity (Wildman–Crippen MR) is 92.7 cm³/mol. The Kier molecular flexibility index (Phi) is 5.66. The van der Waals surface area contributed by atoms with Crippen molar-refractivity contribution in [2.45, 2.75) is 44.4 Å². The van der Waals surface area contributed by atoms with Crippen LogP contribution in [0.15, 0.2) is 54.7 Å². The van der Waals surface area contributed by atoms with Gasteiger partial charge in [-0.15, -0.1) is 0 Å². The molecule has 0 saturated heterocycles. The molecule has 1 aliphatic rings. The number of urea groups is 1. The summed E-state index contributed by atoms with van der Waals surface area (Å²) in [5.41, 5.74) is 1.10. The molecular formula is C19H23N3O2. The number of aromatic nitrogens is 1. The second-order valence-electron chi connectivity index (χ2n) is 6.07. The van der Waals surface area contributed by atoms with Crippen LogP contribution in [0.2, 0.25) is 0 Å². The summed E-state index contributed by atoms with van der Waals surface area (Å²) in [6, 6.07) is 15.7. The second-order valence-corrected chi connectivity index (χ2v) is 6.07. The van der Waals surface area contributed by atoms with Gasteiger partial charge in [0.05, 0.1) is 0 Å². The molecule has 0 unspecified atom stereocenters. The number of pyridine rings is 1. The largest absolute Gasteiger partial charge is 0.474 e. The maximum atomic E-state index is 12.0. The molecule has 0 atom stereocenters. The molecule has 2 N–H and O–H groups in total. The Bertz CT molecular complexity index is 626. The van der Waals surface area contributed by atoms with E-state index >= 15 is 0 Å². The first-order valence-corrected chi connectivity index (χ1v) is 8.45. The van der Waals surface area contributed by atoms with Crippen molar-refractivity contribution in [2.24, 2.45) is 0 Å². The lowest BCUT2D eigenvalue weighted by Crippen LogP contribution is -2.44. The van der Waals surface area contributed by atoms with Crippen LogP contribution in [0.1, 0.15) is 31.2 Å². The molecule has 1 heterocycles. The highest BCUT2D eigenvalue weighted by Gasteiger charge is 2.23. The SMILES string of the molecule is O=C(NCc1ccccc1)NC1CCC(Oc2ccccn2)CC1. The highest BCUT2D eigenvalue weighted by Crippen LogP contribution is 2.22. The maximum Gasteiger partial charge on any atom is 0.315 e. The molecule has 2 amide bonds. The van der Waals surface area contributed by atoms with E-state index in [0.29, 0.717) is 12.4 Å². The van der Waals surface area contributed by atoms with E-state index in [4.69, 9.17) is 4.74 Å². The molecule has 126 valence electrons. The van der Waals surface area contributed by atoms with Gasteiger partial charge in [0.1, 0.15) is 6.10 Å². The Morgan fingerprint density at radius 1 is 1.04 bits per heavy atom. The van der Waals surface area contributed by atoms with E-state index in [1.807, 2.05) is 48.5 Å². The van der Waals surface area contributed by atoms with Gasteiger partial charge in [-0.05, 0) is 37.3 Å². The minimum absolute atomic E-state index is 0.104. The summed E-state index contributed by atoms with van der Waals surface area (Å²) in [5.74, 6) is 0.675. The van der Waals surface area contributed by atoms with Gasteiger partial charge in [-0.3, -0.25) is 0 Å². The fourth-order valence-electron chi connectivity index (χ4n) is 2.93. The van der Waals surface area contributed by atoms with Crippen LogP contribution in [0.25, 0.3) is 0 Å². The van der Waals surface area contributed by atoms with E-state index in [0.717, 1.165) is 31.2 Å². The van der Waals surface area contributed by atoms with Crippen LogP contribution < -0.4 is 15.4 Å². The third-order valence-electron chi connectivity index (χ3n) is 4.23. The molecule has 1 aromatic carbocycles. The van der Waals surface area contributed by atoms with E-state index in [1.54, 1.807) is 6.20 Å². The third-order valence-corrected chi connectivity index (χ3v) is 4.23. The van der Waals surface area contributed by atoms with Crippen molar-refractivity contribution in [1.82, 2.24) is 15.6 Å². The number of nitrogens with one attached hydrogen (secondary N) is 2. The van der Waals surface area contributed by atoms with Crippen LogP contribution in [-0.4, -0.2) is 23.2 Å². The first-order chi connectivity index (χ1) is 11.8. The molecule has 0 bridgehead atoms. The van der Waals surface area contributed by atoms with Gasteiger partial charge in [0.2, 0.25) is 5.88 Å². The van der Waals surface area contributed by atoms with E-state index in [-0.39, 0.29) is 18.2 Å². The second kappa shape index (κ2) is 8.34. The minimum Gasteiger partial charge on any atom is -0.474 e. The predicted octanol–water partition coefficient (Wildman–Crippen LogP) is 3.27. The Balaban J connectivity index is 1.36. The molecule has 2 aromatic rings. The molecule has 1 aromatic heterocycles. The first kappa shape index (κ1) is 16.3. The number of hydrogen-bond acceptors (Lipinski definition) is 3. The Morgan fingerprint density at radius 2 is 1.79 bits per heavy atom. The topological polar surface area (TPSA) is 63.2 Å². The van der Waals surface area contributed by atoms with Gasteiger partial charge in [-0.1, -0.05) is 36.4 Å². The van der Waals surface area contributed by atoms with Gasteiger partial charge < -0.3 is 15.4 Å². The Hall–Kier alpha value is -2.56. The molecule has 3 rings (SSSR count). The van der Waals surface area contributed by atoms with Crippen molar-refractivity contribution < 1.29 is 9.53 Å². The molecule has 1 fully saturated rings. The molecule has 24 heavy (non-hydrogen) atoms. The zero-order valence-electron chi connectivity index (χ0n) is 13.7. The zero-order chi connectivity index (χ0) is 16.6. The van der Waals surface area contributed by atoms with Gasteiger partial charge in [-0.25, -0.2) is 9.78 Å². The quantitative estimate of drug-likeness (QED) is 0.887. The molecule has 5 heteroatoms. The van der Waals surface area contributed by atoms with Gasteiger partial charge in [0.15, 0.2) is 0 Å². The van der Waals surface area contributed by atoms with Crippen LogP contribution in [0, 0.1) is 0 Å². The van der Waals surface area contributed by atoms with E-state index in [1.165, 1.54) is 0 Å². The van der Waals surface area contributed by atoms with Crippen molar-refractivity contribution in [3.05, 3.63) is 60.3 Å². The van der Waals surface area contributed by atoms with Gasteiger partial charge in [0.25, 0.3) is 0 Å². The maximum absolute atomic E-state index is 12.0. The number of benzene rings is 1. The number of carbonyl (C=O) groups excluding carboxylic acids is 1. The van der Waals surface area contributed by atoms with Gasteiger partial charge >= 0.3 is 6.03 Å². The monoisotopic (exact) mass is 325 g/mol. The summed E-state index contributed by atoms with van der Waals surface area (Å²) < 4.78 is 5.87. The zero-order valence-corrected chi connectivity index (χ0v) is 13.7. The number of rotatable bonds is 5. The van der Waals surface area contributed by atoms with Crippen LogP contribution in [0.4, 0.5) is 4.79 Å². The average molecular weight is 325 g/mol. The van der Waals surface area contributed by atoms with Crippen molar-refractivity contribution >= 4 is 6.03 Å². The third kappa shape index (κ3) is 4.98. The summed E-state index contributed by atoms with van der Waals surface area (Å²) in [7, 11) is 0. The molecule has 0 spiro atoms. The minimum atomic E-state index is -0.104. The van der Waals surface area contributed by atoms with E-state index < -0.39 is 0 Å². The average Bonchev–Trinajstić information content (AvgIpc) is 2.63. The lowest BCUT2D eigenvalue weighted by molar-refractivity contribution is 0.135. The fourth-order valence-corrected chi connectivity index (χ4v) is 2.93. The smallest absolute Gasteiger partial charge is 0.315 e. The van der Waals surface area contributed by atoms with Crippen molar-refractivity contribution in [3.63, 3.8) is 0 Å². The summed E-state index contributed by atoms with van der Waals surface area (Å²) >= 11 is 0. The lowest BCUT2D eigenvalue weighted by Gasteiger charge is -2.29. The van der Waals surface area contributed by atoms with E-state index in [2.05, 4.69) is 15.6 Å². The van der Waals surface area contributed by atoms with Gasteiger partial charge in [0, 0.05) is 24.8 Å². The van der Waals surface area contributed by atoms with Crippen LogP contribution in [0.3, 0.4) is 0 Å². The highest BCUT2D eigenvalue weighted by molar-refractivity contribution is 5.74. The number of nitrogens with zero attached hydrogens (tertiary/aromatic N) is 1.